The van der Waals surface area contributed by atoms with Crippen molar-refractivity contribution in [1.29, 1.82) is 0 Å². The highest BCUT2D eigenvalue weighted by atomic mass is 16.6. The lowest BCUT2D eigenvalue weighted by molar-refractivity contribution is 0.109. The van der Waals surface area contributed by atoms with Gasteiger partial charge in [0.05, 0.1) is 0 Å². The maximum Gasteiger partial charge on any atom is 0.409 e. The molecule has 1 aliphatic rings. The van der Waals surface area contributed by atoms with E-state index in [1.807, 2.05) is 0 Å². The lowest BCUT2D eigenvalue weighted by Crippen LogP contribution is -2.33. The summed E-state index contributed by atoms with van der Waals surface area (Å²) in [6.45, 7) is 5.24. The fourth-order valence-corrected chi connectivity index (χ4v) is 1.62. The van der Waals surface area contributed by atoms with Crippen LogP contribution in [0, 0.1) is 5.92 Å². The van der Waals surface area contributed by atoms with Crippen LogP contribution in [0.5, 0.6) is 0 Å². The molecule has 1 aliphatic heterocycles. The molecule has 0 aromatic heterocycles. The van der Waals surface area contributed by atoms with Gasteiger partial charge in [0.2, 0.25) is 0 Å². The third-order valence-electron chi connectivity index (χ3n) is 2.22. The highest BCUT2D eigenvalue weighted by Gasteiger charge is 2.17. The summed E-state index contributed by atoms with van der Waals surface area (Å²) in [5.41, 5.74) is 0. The minimum atomic E-state index is -0.206. The van der Waals surface area contributed by atoms with E-state index in [-0.39, 0.29) is 6.09 Å². The van der Waals surface area contributed by atoms with Crippen molar-refractivity contribution in [3.63, 3.8) is 0 Å². The van der Waals surface area contributed by atoms with Crippen molar-refractivity contribution in [1.82, 2.24) is 9.80 Å². The first kappa shape index (κ1) is 10.3. The van der Waals surface area contributed by atoms with Crippen LogP contribution in [0.2, 0.25) is 0 Å². The van der Waals surface area contributed by atoms with E-state index in [2.05, 4.69) is 18.9 Å². The van der Waals surface area contributed by atoms with Crippen LogP contribution in [0.25, 0.3) is 0 Å². The lowest BCUT2D eigenvalue weighted by atomic mass is 10.1. The Labute approximate surface area is 79.4 Å². The zero-order valence-electron chi connectivity index (χ0n) is 8.62. The van der Waals surface area contributed by atoms with Crippen molar-refractivity contribution in [2.24, 2.45) is 5.92 Å². The third-order valence-corrected chi connectivity index (χ3v) is 2.22. The Hall–Kier alpha value is -0.770. The Kier molecular flexibility index (Phi) is 3.54. The highest BCUT2D eigenvalue weighted by Crippen LogP contribution is 2.04. The summed E-state index contributed by atoms with van der Waals surface area (Å²) in [5.74, 6) is 0.501. The first-order chi connectivity index (χ1) is 6.09. The van der Waals surface area contributed by atoms with Gasteiger partial charge in [-0.15, -0.1) is 0 Å². The van der Waals surface area contributed by atoms with Crippen molar-refractivity contribution in [3.8, 4) is 0 Å². The number of amides is 1. The molecule has 1 rings (SSSR count). The molecule has 13 heavy (non-hydrogen) atoms. The first-order valence-electron chi connectivity index (χ1n) is 4.66. The SMILES string of the molecule is CC1CN(C)CCOC(=O)N(C)C1. The number of hydrogen-bond acceptors (Lipinski definition) is 3. The molecule has 1 unspecified atom stereocenters. The number of carbonyl (C=O) groups is 1. The standard InChI is InChI=1S/C9H18N2O2/c1-8-6-10(2)4-5-13-9(12)11(3)7-8/h8H,4-7H2,1-3H3. The molecule has 0 radical (unpaired) electrons. The van der Waals surface area contributed by atoms with E-state index in [4.69, 9.17) is 4.74 Å². The summed E-state index contributed by atoms with van der Waals surface area (Å²) < 4.78 is 5.04. The van der Waals surface area contributed by atoms with Crippen LogP contribution in [-0.4, -0.2) is 56.2 Å². The number of nitrogens with zero attached hydrogens (tertiary/aromatic N) is 2. The summed E-state index contributed by atoms with van der Waals surface area (Å²) in [5, 5.41) is 0. The average molecular weight is 186 g/mol. The fraction of sp³-hybridized carbons (Fsp3) is 0.889. The number of rotatable bonds is 0. The highest BCUT2D eigenvalue weighted by molar-refractivity contribution is 5.67. The van der Waals surface area contributed by atoms with Gasteiger partial charge in [-0.25, -0.2) is 4.79 Å². The van der Waals surface area contributed by atoms with Crippen LogP contribution >= 0.6 is 0 Å². The zero-order chi connectivity index (χ0) is 9.84. The van der Waals surface area contributed by atoms with Crippen LogP contribution in [0.1, 0.15) is 6.92 Å². The molecule has 0 bridgehead atoms. The Morgan fingerprint density at radius 2 is 2.08 bits per heavy atom. The van der Waals surface area contributed by atoms with Crippen molar-refractivity contribution in [2.75, 3.05) is 40.3 Å². The second-order valence-electron chi connectivity index (χ2n) is 3.86. The molecule has 0 aromatic rings. The molecule has 1 saturated heterocycles. The van der Waals surface area contributed by atoms with E-state index in [0.29, 0.717) is 12.5 Å². The average Bonchev–Trinajstić information content (AvgIpc) is 2.06. The van der Waals surface area contributed by atoms with Crippen LogP contribution in [0.4, 0.5) is 4.79 Å². The minimum absolute atomic E-state index is 0.206. The molecule has 4 nitrogen and oxygen atoms in total. The molecular weight excluding hydrogens is 168 g/mol. The molecule has 0 aliphatic carbocycles. The maximum atomic E-state index is 11.3. The van der Waals surface area contributed by atoms with E-state index in [9.17, 15) is 4.79 Å². The second-order valence-corrected chi connectivity index (χ2v) is 3.86. The monoisotopic (exact) mass is 186 g/mol. The van der Waals surface area contributed by atoms with Crippen molar-refractivity contribution in [3.05, 3.63) is 0 Å². The zero-order valence-corrected chi connectivity index (χ0v) is 8.62. The largest absolute Gasteiger partial charge is 0.448 e. The van der Waals surface area contributed by atoms with Gasteiger partial charge < -0.3 is 14.5 Å². The van der Waals surface area contributed by atoms with E-state index < -0.39 is 0 Å². The minimum Gasteiger partial charge on any atom is -0.448 e. The molecule has 0 aromatic carbocycles. The van der Waals surface area contributed by atoms with Crippen LogP contribution in [0.3, 0.4) is 0 Å². The fourth-order valence-electron chi connectivity index (χ4n) is 1.62. The van der Waals surface area contributed by atoms with Gasteiger partial charge >= 0.3 is 6.09 Å². The molecular formula is C9H18N2O2. The smallest absolute Gasteiger partial charge is 0.409 e. The molecule has 4 heteroatoms. The Morgan fingerprint density at radius 1 is 1.38 bits per heavy atom. The first-order valence-corrected chi connectivity index (χ1v) is 4.66. The maximum absolute atomic E-state index is 11.3. The lowest BCUT2D eigenvalue weighted by Gasteiger charge is -2.21. The third kappa shape index (κ3) is 3.22. The van der Waals surface area contributed by atoms with Gasteiger partial charge in [-0.3, -0.25) is 0 Å². The number of ether oxygens (including phenoxy) is 1. The predicted molar refractivity (Wildman–Crippen MR) is 50.6 cm³/mol. The van der Waals surface area contributed by atoms with Gasteiger partial charge in [-0.05, 0) is 13.0 Å². The quantitative estimate of drug-likeness (QED) is 0.556. The topological polar surface area (TPSA) is 32.8 Å². The van der Waals surface area contributed by atoms with Crippen molar-refractivity contribution >= 4 is 6.09 Å². The predicted octanol–water partition coefficient (Wildman–Crippen LogP) is 0.636. The van der Waals surface area contributed by atoms with Crippen molar-refractivity contribution < 1.29 is 9.53 Å². The molecule has 1 amide bonds. The summed E-state index contributed by atoms with van der Waals surface area (Å²) in [6.07, 6.45) is -0.206. The molecule has 0 saturated carbocycles. The molecule has 1 atom stereocenters. The summed E-state index contributed by atoms with van der Waals surface area (Å²) >= 11 is 0. The van der Waals surface area contributed by atoms with E-state index in [0.717, 1.165) is 19.6 Å². The molecule has 0 spiro atoms. The molecule has 0 N–H and O–H groups in total. The van der Waals surface area contributed by atoms with Gasteiger partial charge in [0, 0.05) is 26.7 Å². The molecule has 1 heterocycles. The Balaban J connectivity index is 2.53. The molecule has 76 valence electrons. The molecule has 1 fully saturated rings. The van der Waals surface area contributed by atoms with Gasteiger partial charge in [-0.1, -0.05) is 6.92 Å². The van der Waals surface area contributed by atoms with Crippen molar-refractivity contribution in [2.45, 2.75) is 6.92 Å². The number of hydrogen-bond donors (Lipinski definition) is 0. The number of likely N-dealkylation sites (N-methyl/N-ethyl adjacent to an activating group) is 1. The van der Waals surface area contributed by atoms with E-state index in [1.54, 1.807) is 11.9 Å². The summed E-state index contributed by atoms with van der Waals surface area (Å²) in [6, 6.07) is 0. The number of carbonyl (C=O) groups excluding carboxylic acids is 1. The van der Waals surface area contributed by atoms with E-state index in [1.165, 1.54) is 0 Å². The number of cyclic esters (lactones) is 1. The van der Waals surface area contributed by atoms with Gasteiger partial charge in [-0.2, -0.15) is 0 Å². The van der Waals surface area contributed by atoms with Gasteiger partial charge in [0.25, 0.3) is 0 Å². The Bertz CT molecular complexity index is 184. The van der Waals surface area contributed by atoms with E-state index >= 15 is 0 Å². The van der Waals surface area contributed by atoms with Crippen LogP contribution in [-0.2, 0) is 4.74 Å². The second kappa shape index (κ2) is 4.46. The summed E-state index contributed by atoms with van der Waals surface area (Å²) in [4.78, 5) is 15.1. The van der Waals surface area contributed by atoms with Gasteiger partial charge in [0.15, 0.2) is 0 Å². The van der Waals surface area contributed by atoms with Crippen LogP contribution in [0.15, 0.2) is 0 Å². The summed E-state index contributed by atoms with van der Waals surface area (Å²) in [7, 11) is 3.83. The van der Waals surface area contributed by atoms with Gasteiger partial charge in [0.1, 0.15) is 6.61 Å². The van der Waals surface area contributed by atoms with Crippen LogP contribution < -0.4 is 0 Å². The normalized spacial score (nSPS) is 27.5. The Morgan fingerprint density at radius 3 is 2.77 bits per heavy atom.